The zero-order valence-corrected chi connectivity index (χ0v) is 26.7. The third-order valence-corrected chi connectivity index (χ3v) is 9.29. The zero-order valence-electron chi connectivity index (χ0n) is 25.1. The van der Waals surface area contributed by atoms with Crippen molar-refractivity contribution in [3.8, 4) is 21.0 Å². The van der Waals surface area contributed by atoms with Crippen LogP contribution < -0.4 is 26.0 Å². The second kappa shape index (κ2) is 13.8. The molecule has 1 atom stereocenters. The van der Waals surface area contributed by atoms with Crippen LogP contribution in [0, 0.1) is 5.92 Å². The van der Waals surface area contributed by atoms with E-state index in [1.807, 2.05) is 12.1 Å². The minimum atomic E-state index is -3.97. The second-order valence-corrected chi connectivity index (χ2v) is 14.5. The van der Waals surface area contributed by atoms with Crippen LogP contribution in [0.2, 0.25) is 0 Å². The second-order valence-electron chi connectivity index (χ2n) is 11.8. The first-order valence-corrected chi connectivity index (χ1v) is 16.6. The van der Waals surface area contributed by atoms with Gasteiger partial charge in [0.2, 0.25) is 10.0 Å². The Labute approximate surface area is 257 Å². The number of urea groups is 1. The van der Waals surface area contributed by atoms with Crippen LogP contribution in [0.4, 0.5) is 21.0 Å². The van der Waals surface area contributed by atoms with E-state index >= 15 is 0 Å². The Balaban J connectivity index is 1.56. The molecule has 0 radical (unpaired) electrons. The van der Waals surface area contributed by atoms with Gasteiger partial charge in [0.1, 0.15) is 5.01 Å². The summed E-state index contributed by atoms with van der Waals surface area (Å²) in [4.78, 5) is 29.8. The first-order valence-electron chi connectivity index (χ1n) is 14.3. The molecule has 3 amide bonds. The van der Waals surface area contributed by atoms with Gasteiger partial charge in [0.15, 0.2) is 0 Å². The predicted molar refractivity (Wildman–Crippen MR) is 171 cm³/mol. The summed E-state index contributed by atoms with van der Waals surface area (Å²) in [5.74, 6) is 0.364. The highest BCUT2D eigenvalue weighted by atomic mass is 32.2. The Bertz CT molecular complexity index is 1530. The van der Waals surface area contributed by atoms with Gasteiger partial charge in [-0.3, -0.25) is 5.32 Å². The average molecular weight is 629 g/mol. The van der Waals surface area contributed by atoms with Crippen LogP contribution in [0.3, 0.4) is 0 Å². The standard InChI is InChI=1S/C30H40N6O5S2/c1-19(2)41-29(38)35-22-10-8-21(9-11-22)27-32-18-25(42-27)24-13-12-23(15-26(24)43(39,40)36-30(3,4)5)34-28(37)33-17-20-7-6-14-31-16-20/h8-13,15,18-20,31,36H,6-7,14,16-17H2,1-5H3,(H,35,38)(H2,33,34,37). The van der Waals surface area contributed by atoms with Crippen molar-refractivity contribution in [3.05, 3.63) is 48.7 Å². The van der Waals surface area contributed by atoms with Gasteiger partial charge in [0.05, 0.1) is 15.9 Å². The van der Waals surface area contributed by atoms with Crippen LogP contribution in [-0.4, -0.2) is 56.8 Å². The summed E-state index contributed by atoms with van der Waals surface area (Å²) in [6, 6.07) is 11.6. The van der Waals surface area contributed by atoms with Crippen molar-refractivity contribution in [2.24, 2.45) is 5.92 Å². The molecule has 13 heteroatoms. The molecule has 1 unspecified atom stereocenters. The Kier molecular flexibility index (Phi) is 10.4. The van der Waals surface area contributed by atoms with Crippen molar-refractivity contribution in [1.29, 1.82) is 0 Å². The molecule has 0 saturated carbocycles. The summed E-state index contributed by atoms with van der Waals surface area (Å²) >= 11 is 1.34. The van der Waals surface area contributed by atoms with Crippen molar-refractivity contribution in [2.45, 2.75) is 64.0 Å². The molecule has 1 fully saturated rings. The summed E-state index contributed by atoms with van der Waals surface area (Å²) in [6.45, 7) is 11.3. The third kappa shape index (κ3) is 9.48. The molecule has 5 N–H and O–H groups in total. The predicted octanol–water partition coefficient (Wildman–Crippen LogP) is 5.63. The van der Waals surface area contributed by atoms with Crippen LogP contribution in [0.25, 0.3) is 21.0 Å². The molecule has 1 aliphatic rings. The van der Waals surface area contributed by atoms with Crippen LogP contribution >= 0.6 is 11.3 Å². The highest BCUT2D eigenvalue weighted by Gasteiger charge is 2.27. The molecule has 11 nitrogen and oxygen atoms in total. The molecule has 1 aromatic heterocycles. The number of benzene rings is 2. The largest absolute Gasteiger partial charge is 0.447 e. The summed E-state index contributed by atoms with van der Waals surface area (Å²) in [5.41, 5.74) is 1.49. The van der Waals surface area contributed by atoms with Crippen LogP contribution in [0.1, 0.15) is 47.5 Å². The van der Waals surface area contributed by atoms with Crippen molar-refractivity contribution >= 4 is 44.9 Å². The molecule has 43 heavy (non-hydrogen) atoms. The Hall–Kier alpha value is -3.52. The molecule has 3 aromatic rings. The van der Waals surface area contributed by atoms with Crippen LogP contribution in [0.5, 0.6) is 0 Å². The maximum atomic E-state index is 13.6. The van der Waals surface area contributed by atoms with Crippen LogP contribution in [0.15, 0.2) is 53.6 Å². The van der Waals surface area contributed by atoms with E-state index < -0.39 is 21.7 Å². The van der Waals surface area contributed by atoms with Crippen molar-refractivity contribution in [2.75, 3.05) is 30.3 Å². The molecular weight excluding hydrogens is 589 g/mol. The molecule has 232 valence electrons. The van der Waals surface area contributed by atoms with Gasteiger partial charge in [-0.05, 0) is 103 Å². The summed E-state index contributed by atoms with van der Waals surface area (Å²) in [5, 5.41) is 12.4. The Morgan fingerprint density at radius 3 is 2.47 bits per heavy atom. The van der Waals surface area contributed by atoms with Gasteiger partial charge < -0.3 is 20.7 Å². The normalized spacial score (nSPS) is 15.6. The lowest BCUT2D eigenvalue weighted by molar-refractivity contribution is 0.130. The van der Waals surface area contributed by atoms with E-state index in [1.165, 1.54) is 17.4 Å². The average Bonchev–Trinajstić information content (AvgIpc) is 3.41. The third-order valence-electron chi connectivity index (χ3n) is 6.41. The molecule has 1 aliphatic heterocycles. The van der Waals surface area contributed by atoms with Crippen molar-refractivity contribution in [1.82, 2.24) is 20.3 Å². The number of sulfonamides is 1. The fraction of sp³-hybridized carbons (Fsp3) is 0.433. The number of thiazole rings is 1. The SMILES string of the molecule is CC(C)OC(=O)Nc1ccc(-c2ncc(-c3ccc(NC(=O)NCC4CCCNC4)cc3S(=O)(=O)NC(C)(C)C)s2)cc1. The van der Waals surface area contributed by atoms with Gasteiger partial charge >= 0.3 is 12.1 Å². The number of nitrogens with zero attached hydrogens (tertiary/aromatic N) is 1. The number of carbonyl (C=O) groups excluding carboxylic acids is 2. The number of carbonyl (C=O) groups is 2. The summed E-state index contributed by atoms with van der Waals surface area (Å²) < 4.78 is 35.0. The fourth-order valence-electron chi connectivity index (χ4n) is 4.58. The first-order chi connectivity index (χ1) is 20.3. The highest BCUT2D eigenvalue weighted by molar-refractivity contribution is 7.89. The number of hydrogen-bond donors (Lipinski definition) is 5. The van der Waals surface area contributed by atoms with Gasteiger partial charge in [-0.1, -0.05) is 6.07 Å². The zero-order chi connectivity index (χ0) is 31.2. The number of nitrogens with one attached hydrogen (secondary N) is 5. The number of rotatable bonds is 9. The van der Waals surface area contributed by atoms with Crippen molar-refractivity contribution in [3.63, 3.8) is 0 Å². The van der Waals surface area contributed by atoms with E-state index in [2.05, 4.69) is 31.0 Å². The fourth-order valence-corrected chi connectivity index (χ4v) is 7.28. The Morgan fingerprint density at radius 2 is 1.81 bits per heavy atom. The van der Waals surface area contributed by atoms with Gasteiger partial charge in [0, 0.05) is 40.8 Å². The molecule has 0 spiro atoms. The number of amides is 3. The van der Waals surface area contributed by atoms with E-state index in [9.17, 15) is 18.0 Å². The van der Waals surface area contributed by atoms with E-state index in [0.29, 0.717) is 39.3 Å². The quantitative estimate of drug-likeness (QED) is 0.206. The van der Waals surface area contributed by atoms with Gasteiger partial charge in [-0.2, -0.15) is 0 Å². The molecule has 2 heterocycles. The van der Waals surface area contributed by atoms with E-state index in [1.54, 1.807) is 65.1 Å². The lowest BCUT2D eigenvalue weighted by Gasteiger charge is -2.23. The first kappa shape index (κ1) is 32.4. The molecule has 2 aromatic carbocycles. The highest BCUT2D eigenvalue weighted by Crippen LogP contribution is 2.37. The maximum absolute atomic E-state index is 13.6. The lowest BCUT2D eigenvalue weighted by Crippen LogP contribution is -2.40. The lowest BCUT2D eigenvalue weighted by atomic mass is 10.00. The number of anilines is 2. The summed E-state index contributed by atoms with van der Waals surface area (Å²) in [6.07, 6.45) is 3.00. The number of aromatic nitrogens is 1. The van der Waals surface area contributed by atoms with Gasteiger partial charge in [-0.15, -0.1) is 11.3 Å². The molecule has 1 saturated heterocycles. The Morgan fingerprint density at radius 1 is 1.09 bits per heavy atom. The molecule has 0 aliphatic carbocycles. The van der Waals surface area contributed by atoms with Crippen molar-refractivity contribution < 1.29 is 22.7 Å². The smallest absolute Gasteiger partial charge is 0.411 e. The molecule has 4 rings (SSSR count). The number of ether oxygens (including phenoxy) is 1. The van der Waals surface area contributed by atoms with E-state index in [-0.39, 0.29) is 17.0 Å². The minimum Gasteiger partial charge on any atom is -0.447 e. The van der Waals surface area contributed by atoms with Gasteiger partial charge in [0.25, 0.3) is 0 Å². The van der Waals surface area contributed by atoms with E-state index in [4.69, 9.17) is 4.74 Å². The maximum Gasteiger partial charge on any atom is 0.411 e. The van der Waals surface area contributed by atoms with E-state index in [0.717, 1.165) is 31.5 Å². The summed E-state index contributed by atoms with van der Waals surface area (Å²) in [7, 11) is -3.97. The number of hydrogen-bond acceptors (Lipinski definition) is 8. The van der Waals surface area contributed by atoms with Crippen LogP contribution in [-0.2, 0) is 14.8 Å². The number of piperidine rings is 1. The molecular formula is C30H40N6O5S2. The monoisotopic (exact) mass is 628 g/mol. The minimum absolute atomic E-state index is 0.0371. The van der Waals surface area contributed by atoms with Gasteiger partial charge in [-0.25, -0.2) is 27.7 Å². The topological polar surface area (TPSA) is 151 Å². The molecule has 0 bridgehead atoms.